The number of benzene rings is 2. The quantitative estimate of drug-likeness (QED) is 0.603. The Morgan fingerprint density at radius 1 is 1.18 bits per heavy atom. The minimum Gasteiger partial charge on any atom is -0.487 e. The van der Waals surface area contributed by atoms with E-state index in [4.69, 9.17) is 4.74 Å². The van der Waals surface area contributed by atoms with Gasteiger partial charge in [0.1, 0.15) is 18.3 Å². The van der Waals surface area contributed by atoms with Crippen molar-refractivity contribution in [2.75, 3.05) is 18.1 Å². The van der Waals surface area contributed by atoms with Crippen LogP contribution in [0.5, 0.6) is 5.75 Å². The lowest BCUT2D eigenvalue weighted by Gasteiger charge is -2.37. The molecular weight excluding hydrogens is 439 g/mol. The molecule has 2 aliphatic heterocycles. The zero-order chi connectivity index (χ0) is 23.6. The molecule has 1 aromatic heterocycles. The predicted octanol–water partition coefficient (Wildman–Crippen LogP) is 3.10. The van der Waals surface area contributed by atoms with Gasteiger partial charge in [-0.15, -0.1) is 0 Å². The normalized spacial score (nSPS) is 23.5. The Morgan fingerprint density at radius 2 is 1.94 bits per heavy atom. The van der Waals surface area contributed by atoms with Crippen molar-refractivity contribution in [3.63, 3.8) is 0 Å². The summed E-state index contributed by atoms with van der Waals surface area (Å²) in [5.41, 5.74) is 1.94. The van der Waals surface area contributed by atoms with Gasteiger partial charge in [0.25, 0.3) is 0 Å². The fourth-order valence-electron chi connectivity index (χ4n) is 5.65. The minimum atomic E-state index is -1.10. The molecule has 3 aromatic rings. The van der Waals surface area contributed by atoms with Crippen LogP contribution in [0.3, 0.4) is 0 Å². The lowest BCUT2D eigenvalue weighted by molar-refractivity contribution is -0.139. The summed E-state index contributed by atoms with van der Waals surface area (Å²) in [6.07, 6.45) is 4.60. The number of aliphatic carboxylic acids is 1. The van der Waals surface area contributed by atoms with E-state index in [1.54, 1.807) is 4.90 Å². The molecule has 34 heavy (non-hydrogen) atoms. The van der Waals surface area contributed by atoms with Crippen molar-refractivity contribution in [3.05, 3.63) is 69.8 Å². The number of rotatable bonds is 5. The molecule has 3 atom stereocenters. The molecule has 0 amide bonds. The van der Waals surface area contributed by atoms with Gasteiger partial charge >= 0.3 is 5.97 Å². The van der Waals surface area contributed by atoms with Crippen LogP contribution in [-0.4, -0.2) is 46.0 Å². The summed E-state index contributed by atoms with van der Waals surface area (Å²) in [6.45, 7) is -0.124. The SMILES string of the molecule is O=C(O)C1[C@@H](CO)C[C@H]2COc3c(c(F)cc4c(=O)c(Cc5ccccc5)cn(C5CC5)c34)N12. The van der Waals surface area contributed by atoms with Crippen molar-refractivity contribution >= 4 is 22.6 Å². The molecule has 7 nitrogen and oxygen atoms in total. The summed E-state index contributed by atoms with van der Waals surface area (Å²) in [6, 6.07) is 9.70. The molecule has 2 aromatic carbocycles. The van der Waals surface area contributed by atoms with Crippen LogP contribution in [0.25, 0.3) is 10.9 Å². The molecule has 1 aliphatic carbocycles. The predicted molar refractivity (Wildman–Crippen MR) is 124 cm³/mol. The highest BCUT2D eigenvalue weighted by atomic mass is 19.1. The Kier molecular flexibility index (Phi) is 4.88. The Balaban J connectivity index is 1.57. The molecule has 0 bridgehead atoms. The number of halogens is 1. The lowest BCUT2D eigenvalue weighted by Crippen LogP contribution is -2.48. The summed E-state index contributed by atoms with van der Waals surface area (Å²) in [4.78, 5) is 27.1. The molecule has 3 heterocycles. The van der Waals surface area contributed by atoms with Crippen LogP contribution < -0.4 is 15.1 Å². The molecule has 1 saturated carbocycles. The van der Waals surface area contributed by atoms with Crippen molar-refractivity contribution in [1.82, 2.24) is 4.57 Å². The third-order valence-electron chi connectivity index (χ3n) is 7.33. The minimum absolute atomic E-state index is 0.0803. The molecule has 2 N–H and O–H groups in total. The highest BCUT2D eigenvalue weighted by Crippen LogP contribution is 2.49. The average Bonchev–Trinajstić information content (AvgIpc) is 3.60. The van der Waals surface area contributed by atoms with Crippen molar-refractivity contribution in [1.29, 1.82) is 0 Å². The van der Waals surface area contributed by atoms with E-state index in [2.05, 4.69) is 0 Å². The Morgan fingerprint density at radius 3 is 2.62 bits per heavy atom. The molecule has 1 unspecified atom stereocenters. The number of carboxylic acids is 1. The number of ether oxygens (including phenoxy) is 1. The molecule has 2 fully saturated rings. The van der Waals surface area contributed by atoms with E-state index >= 15 is 4.39 Å². The van der Waals surface area contributed by atoms with Gasteiger partial charge in [-0.1, -0.05) is 30.3 Å². The van der Waals surface area contributed by atoms with E-state index in [0.29, 0.717) is 23.9 Å². The van der Waals surface area contributed by atoms with Gasteiger partial charge in [-0.3, -0.25) is 4.79 Å². The monoisotopic (exact) mass is 464 g/mol. The van der Waals surface area contributed by atoms with Gasteiger partial charge < -0.3 is 24.4 Å². The second kappa shape index (κ2) is 7.84. The molecule has 176 valence electrons. The van der Waals surface area contributed by atoms with E-state index in [1.165, 1.54) is 6.07 Å². The average molecular weight is 464 g/mol. The first-order valence-corrected chi connectivity index (χ1v) is 11.7. The number of fused-ring (bicyclic) bond motifs is 5. The highest BCUT2D eigenvalue weighted by Gasteiger charge is 2.49. The second-order valence-electron chi connectivity index (χ2n) is 9.55. The number of hydrogen-bond donors (Lipinski definition) is 2. The maximum atomic E-state index is 15.7. The number of carbonyl (C=O) groups is 1. The van der Waals surface area contributed by atoms with Gasteiger partial charge in [-0.05, 0) is 30.9 Å². The molecule has 6 rings (SSSR count). The van der Waals surface area contributed by atoms with E-state index in [-0.39, 0.29) is 47.5 Å². The summed E-state index contributed by atoms with van der Waals surface area (Å²) in [5, 5.41) is 19.9. The lowest BCUT2D eigenvalue weighted by atomic mass is 10.0. The summed E-state index contributed by atoms with van der Waals surface area (Å²) >= 11 is 0. The number of aliphatic hydroxyl groups is 1. The Labute approximate surface area is 195 Å². The first-order chi connectivity index (χ1) is 16.5. The van der Waals surface area contributed by atoms with Gasteiger partial charge in [0.15, 0.2) is 17.0 Å². The summed E-state index contributed by atoms with van der Waals surface area (Å²) in [5.74, 6) is -2.07. The third kappa shape index (κ3) is 3.20. The van der Waals surface area contributed by atoms with E-state index < -0.39 is 23.7 Å². The summed E-state index contributed by atoms with van der Waals surface area (Å²) in [7, 11) is 0. The standard InChI is InChI=1S/C26H25FN2O5/c27-20-10-19-22(25-23(20)29-18(13-34-25)9-16(12-30)21(29)26(32)33)28(17-6-7-17)11-15(24(19)31)8-14-4-2-1-3-5-14/h1-5,10-11,16-18,21,30H,6-9,12-13H2,(H,32,33)/t16-,18+,21?/m1/s1. The first-order valence-electron chi connectivity index (χ1n) is 11.7. The van der Waals surface area contributed by atoms with Gasteiger partial charge in [0.2, 0.25) is 0 Å². The Hall–Kier alpha value is -3.39. The van der Waals surface area contributed by atoms with E-state index in [1.807, 2.05) is 41.1 Å². The van der Waals surface area contributed by atoms with Crippen molar-refractivity contribution in [2.45, 2.75) is 43.8 Å². The van der Waals surface area contributed by atoms with Crippen LogP contribution in [0.4, 0.5) is 10.1 Å². The summed E-state index contributed by atoms with van der Waals surface area (Å²) < 4.78 is 23.8. The Bertz CT molecular complexity index is 1350. The maximum absolute atomic E-state index is 15.7. The number of nitrogens with zero attached hydrogens (tertiary/aromatic N) is 2. The maximum Gasteiger partial charge on any atom is 0.326 e. The highest BCUT2D eigenvalue weighted by molar-refractivity contribution is 5.94. The third-order valence-corrected chi connectivity index (χ3v) is 7.33. The molecule has 0 spiro atoms. The number of pyridine rings is 1. The molecular formula is C26H25FN2O5. The van der Waals surface area contributed by atoms with Crippen LogP contribution in [0.15, 0.2) is 47.4 Å². The topological polar surface area (TPSA) is 92.0 Å². The van der Waals surface area contributed by atoms with Gasteiger partial charge in [-0.25, -0.2) is 9.18 Å². The number of aliphatic hydroxyl groups excluding tert-OH is 1. The molecule has 3 aliphatic rings. The number of aromatic nitrogens is 1. The van der Waals surface area contributed by atoms with Crippen molar-refractivity contribution < 1.29 is 24.1 Å². The van der Waals surface area contributed by atoms with Gasteiger partial charge in [0, 0.05) is 36.7 Å². The fraction of sp³-hybridized carbons (Fsp3) is 0.385. The number of carboxylic acid groups (broad SMARTS) is 1. The number of anilines is 1. The van der Waals surface area contributed by atoms with E-state index in [9.17, 15) is 19.8 Å². The zero-order valence-corrected chi connectivity index (χ0v) is 18.5. The largest absolute Gasteiger partial charge is 0.487 e. The van der Waals surface area contributed by atoms with Gasteiger partial charge in [-0.2, -0.15) is 0 Å². The van der Waals surface area contributed by atoms with Crippen molar-refractivity contribution in [3.8, 4) is 5.75 Å². The van der Waals surface area contributed by atoms with Crippen LogP contribution in [0, 0.1) is 11.7 Å². The van der Waals surface area contributed by atoms with Crippen LogP contribution >= 0.6 is 0 Å². The molecule has 0 radical (unpaired) electrons. The molecule has 1 saturated heterocycles. The van der Waals surface area contributed by atoms with Crippen LogP contribution in [0.2, 0.25) is 0 Å². The second-order valence-corrected chi connectivity index (χ2v) is 9.55. The van der Waals surface area contributed by atoms with Crippen LogP contribution in [-0.2, 0) is 11.2 Å². The zero-order valence-electron chi connectivity index (χ0n) is 18.5. The fourth-order valence-corrected chi connectivity index (χ4v) is 5.65. The van der Waals surface area contributed by atoms with Crippen molar-refractivity contribution in [2.24, 2.45) is 5.92 Å². The number of hydrogen-bond acceptors (Lipinski definition) is 5. The van der Waals surface area contributed by atoms with Crippen LogP contribution in [0.1, 0.15) is 36.4 Å². The first kappa shape index (κ1) is 21.2. The molecule has 8 heteroatoms. The smallest absolute Gasteiger partial charge is 0.326 e. The van der Waals surface area contributed by atoms with Gasteiger partial charge in [0.05, 0.1) is 16.9 Å². The van der Waals surface area contributed by atoms with E-state index in [0.717, 1.165) is 18.4 Å².